The van der Waals surface area contributed by atoms with Crippen LogP contribution < -0.4 is 15.8 Å². The third-order valence-electron chi connectivity index (χ3n) is 2.70. The fourth-order valence-electron chi connectivity index (χ4n) is 1.62. The number of carbonyl (C=O) groups excluding carboxylic acids is 1. The van der Waals surface area contributed by atoms with Crippen LogP contribution >= 0.6 is 0 Å². The molecule has 0 saturated carbocycles. The molecule has 5 heteroatoms. The lowest BCUT2D eigenvalue weighted by Crippen LogP contribution is -2.23. The van der Waals surface area contributed by atoms with Crippen molar-refractivity contribution in [2.75, 3.05) is 25.6 Å². The third-order valence-corrected chi connectivity index (χ3v) is 2.70. The summed E-state index contributed by atoms with van der Waals surface area (Å²) in [5.41, 5.74) is 6.06. The van der Waals surface area contributed by atoms with E-state index in [-0.39, 0.29) is 12.3 Å². The van der Waals surface area contributed by atoms with Crippen LogP contribution in [0.5, 0.6) is 5.75 Å². The van der Waals surface area contributed by atoms with Crippen molar-refractivity contribution in [2.24, 2.45) is 5.73 Å². The number of anilines is 1. The minimum Gasteiger partial charge on any atom is -0.493 e. The fourth-order valence-corrected chi connectivity index (χ4v) is 1.62. The number of hydrogen-bond acceptors (Lipinski definition) is 4. The van der Waals surface area contributed by atoms with Crippen molar-refractivity contribution in [1.29, 1.82) is 0 Å². The molecular formula is C14H22N2O3. The average molecular weight is 266 g/mol. The van der Waals surface area contributed by atoms with Gasteiger partial charge in [0.05, 0.1) is 19.6 Å². The van der Waals surface area contributed by atoms with Crippen molar-refractivity contribution >= 4 is 11.6 Å². The number of ether oxygens (including phenoxy) is 2. The van der Waals surface area contributed by atoms with Crippen LogP contribution in [0.1, 0.15) is 19.8 Å². The predicted octanol–water partition coefficient (Wildman–Crippen LogP) is 1.78. The summed E-state index contributed by atoms with van der Waals surface area (Å²) < 4.78 is 10.5. The molecule has 19 heavy (non-hydrogen) atoms. The van der Waals surface area contributed by atoms with E-state index >= 15 is 0 Å². The van der Waals surface area contributed by atoms with Gasteiger partial charge in [0, 0.05) is 18.8 Å². The molecule has 1 atom stereocenters. The molecule has 0 fully saturated rings. The Morgan fingerprint density at radius 3 is 2.58 bits per heavy atom. The molecule has 1 aromatic carbocycles. The summed E-state index contributed by atoms with van der Waals surface area (Å²) in [4.78, 5) is 10.6. The van der Waals surface area contributed by atoms with E-state index in [4.69, 9.17) is 15.2 Å². The van der Waals surface area contributed by atoms with Crippen molar-refractivity contribution in [3.8, 4) is 5.75 Å². The Morgan fingerprint density at radius 1 is 1.37 bits per heavy atom. The SMILES string of the molecule is CCC(COC)Nc1ccc(OCCC(N)=O)cc1. The zero-order valence-electron chi connectivity index (χ0n) is 11.5. The van der Waals surface area contributed by atoms with Gasteiger partial charge in [0.2, 0.25) is 5.91 Å². The standard InChI is InChI=1S/C14H22N2O3/c1-3-11(10-18-2)16-12-4-6-13(7-5-12)19-9-8-14(15)17/h4-7,11,16H,3,8-10H2,1-2H3,(H2,15,17). The molecule has 0 radical (unpaired) electrons. The molecule has 1 rings (SSSR count). The van der Waals surface area contributed by atoms with Crippen molar-refractivity contribution in [3.63, 3.8) is 0 Å². The Balaban J connectivity index is 2.44. The maximum absolute atomic E-state index is 10.6. The number of nitrogens with two attached hydrogens (primary N) is 1. The number of carbonyl (C=O) groups is 1. The molecule has 3 N–H and O–H groups in total. The second-order valence-electron chi connectivity index (χ2n) is 4.29. The summed E-state index contributed by atoms with van der Waals surface area (Å²) >= 11 is 0. The second-order valence-corrected chi connectivity index (χ2v) is 4.29. The van der Waals surface area contributed by atoms with E-state index in [1.807, 2.05) is 24.3 Å². The maximum atomic E-state index is 10.6. The summed E-state index contributed by atoms with van der Waals surface area (Å²) in [5, 5.41) is 3.38. The molecule has 106 valence electrons. The minimum atomic E-state index is -0.358. The van der Waals surface area contributed by atoms with Crippen molar-refractivity contribution in [1.82, 2.24) is 0 Å². The van der Waals surface area contributed by atoms with Crippen LogP contribution in [0.2, 0.25) is 0 Å². The number of rotatable bonds is 9. The Bertz CT molecular complexity index is 379. The van der Waals surface area contributed by atoms with Gasteiger partial charge in [-0.2, -0.15) is 0 Å². The smallest absolute Gasteiger partial charge is 0.220 e. The summed E-state index contributed by atoms with van der Waals surface area (Å²) in [6.45, 7) is 3.09. The predicted molar refractivity (Wildman–Crippen MR) is 75.3 cm³/mol. The van der Waals surface area contributed by atoms with Crippen LogP contribution in [-0.2, 0) is 9.53 Å². The number of hydrogen-bond donors (Lipinski definition) is 2. The van der Waals surface area contributed by atoms with Crippen molar-refractivity contribution < 1.29 is 14.3 Å². The van der Waals surface area contributed by atoms with Crippen LogP contribution in [0.3, 0.4) is 0 Å². The average Bonchev–Trinajstić information content (AvgIpc) is 2.39. The quantitative estimate of drug-likeness (QED) is 0.714. The lowest BCUT2D eigenvalue weighted by Gasteiger charge is -2.17. The molecule has 1 unspecified atom stereocenters. The molecule has 0 bridgehead atoms. The summed E-state index contributed by atoms with van der Waals surface area (Å²) in [5.74, 6) is 0.371. The molecule has 0 aliphatic carbocycles. The highest BCUT2D eigenvalue weighted by atomic mass is 16.5. The highest BCUT2D eigenvalue weighted by molar-refractivity contribution is 5.73. The van der Waals surface area contributed by atoms with E-state index in [0.717, 1.165) is 17.9 Å². The van der Waals surface area contributed by atoms with Gasteiger partial charge in [-0.15, -0.1) is 0 Å². The van der Waals surface area contributed by atoms with Gasteiger partial charge < -0.3 is 20.5 Å². The van der Waals surface area contributed by atoms with Crippen LogP contribution in [-0.4, -0.2) is 32.3 Å². The summed E-state index contributed by atoms with van der Waals surface area (Å²) in [6, 6.07) is 7.91. The van der Waals surface area contributed by atoms with Crippen LogP contribution in [0.15, 0.2) is 24.3 Å². The van der Waals surface area contributed by atoms with E-state index in [1.165, 1.54) is 0 Å². The first-order chi connectivity index (χ1) is 9.15. The van der Waals surface area contributed by atoms with E-state index in [2.05, 4.69) is 12.2 Å². The third kappa shape index (κ3) is 6.10. The van der Waals surface area contributed by atoms with E-state index in [0.29, 0.717) is 19.3 Å². The molecule has 0 aliphatic heterocycles. The van der Waals surface area contributed by atoms with Gasteiger partial charge in [0.1, 0.15) is 5.75 Å². The van der Waals surface area contributed by atoms with Gasteiger partial charge in [-0.05, 0) is 30.7 Å². The Labute approximate surface area is 114 Å². The second kappa shape index (κ2) is 8.37. The minimum absolute atomic E-state index is 0.228. The first-order valence-electron chi connectivity index (χ1n) is 6.42. The highest BCUT2D eigenvalue weighted by Gasteiger charge is 2.05. The van der Waals surface area contributed by atoms with Gasteiger partial charge in [0.25, 0.3) is 0 Å². The number of methoxy groups -OCH3 is 1. The van der Waals surface area contributed by atoms with Crippen LogP contribution in [0.4, 0.5) is 5.69 Å². The number of nitrogens with one attached hydrogen (secondary N) is 1. The molecular weight excluding hydrogens is 244 g/mol. The molecule has 5 nitrogen and oxygen atoms in total. The fraction of sp³-hybridized carbons (Fsp3) is 0.500. The topological polar surface area (TPSA) is 73.6 Å². The maximum Gasteiger partial charge on any atom is 0.220 e. The van der Waals surface area contributed by atoms with Gasteiger partial charge in [-0.1, -0.05) is 6.92 Å². The first kappa shape index (κ1) is 15.3. The molecule has 0 aliphatic rings. The Morgan fingerprint density at radius 2 is 2.05 bits per heavy atom. The van der Waals surface area contributed by atoms with Crippen molar-refractivity contribution in [3.05, 3.63) is 24.3 Å². The normalized spacial score (nSPS) is 11.9. The molecule has 0 aromatic heterocycles. The van der Waals surface area contributed by atoms with E-state index < -0.39 is 0 Å². The van der Waals surface area contributed by atoms with E-state index in [9.17, 15) is 4.79 Å². The Hall–Kier alpha value is -1.75. The van der Waals surface area contributed by atoms with Gasteiger partial charge >= 0.3 is 0 Å². The highest BCUT2D eigenvalue weighted by Crippen LogP contribution is 2.17. The molecule has 0 spiro atoms. The number of benzene rings is 1. The lowest BCUT2D eigenvalue weighted by molar-refractivity contribution is -0.118. The van der Waals surface area contributed by atoms with E-state index in [1.54, 1.807) is 7.11 Å². The largest absolute Gasteiger partial charge is 0.493 e. The summed E-state index contributed by atoms with van der Waals surface area (Å²) in [7, 11) is 1.69. The van der Waals surface area contributed by atoms with Gasteiger partial charge in [-0.3, -0.25) is 4.79 Å². The lowest BCUT2D eigenvalue weighted by atomic mass is 10.2. The number of primary amides is 1. The molecule has 1 aromatic rings. The molecule has 0 saturated heterocycles. The zero-order chi connectivity index (χ0) is 14.1. The van der Waals surface area contributed by atoms with Crippen LogP contribution in [0.25, 0.3) is 0 Å². The number of amides is 1. The zero-order valence-corrected chi connectivity index (χ0v) is 11.5. The molecule has 1 amide bonds. The summed E-state index contributed by atoms with van der Waals surface area (Å²) in [6.07, 6.45) is 1.22. The van der Waals surface area contributed by atoms with Crippen LogP contribution in [0, 0.1) is 0 Å². The van der Waals surface area contributed by atoms with Gasteiger partial charge in [-0.25, -0.2) is 0 Å². The molecule has 0 heterocycles. The van der Waals surface area contributed by atoms with Crippen molar-refractivity contribution in [2.45, 2.75) is 25.8 Å². The first-order valence-corrected chi connectivity index (χ1v) is 6.42. The Kier molecular flexibility index (Phi) is 6.74. The van der Waals surface area contributed by atoms with Gasteiger partial charge in [0.15, 0.2) is 0 Å². The monoisotopic (exact) mass is 266 g/mol.